The van der Waals surface area contributed by atoms with Gasteiger partial charge in [0.2, 0.25) is 0 Å². The molecule has 1 aromatic rings. The third-order valence-electron chi connectivity index (χ3n) is 3.14. The zero-order valence-electron chi connectivity index (χ0n) is 11.4. The standard InChI is InChI=1S/C13H19N3O3S/c1-2-14-12-7-3-6-11(16-12)13(17)15-10-5-4-8-20(18,19)9-10/h3,6-7,10H,2,4-5,8-9H2,1H3,(H,14,16)(H,15,17). The maximum absolute atomic E-state index is 12.1. The molecule has 1 amide bonds. The second kappa shape index (κ2) is 6.21. The normalized spacial score (nSPS) is 21.1. The number of sulfone groups is 1. The van der Waals surface area contributed by atoms with Crippen LogP contribution in [0.3, 0.4) is 0 Å². The van der Waals surface area contributed by atoms with Crippen LogP contribution in [-0.4, -0.2) is 43.4 Å². The van der Waals surface area contributed by atoms with E-state index in [0.717, 1.165) is 6.54 Å². The van der Waals surface area contributed by atoms with Gasteiger partial charge in [0.05, 0.1) is 11.5 Å². The summed E-state index contributed by atoms with van der Waals surface area (Å²) in [7, 11) is -3.02. The molecule has 2 N–H and O–H groups in total. The van der Waals surface area contributed by atoms with Crippen molar-refractivity contribution in [3.8, 4) is 0 Å². The van der Waals surface area contributed by atoms with Crippen LogP contribution in [0.2, 0.25) is 0 Å². The highest BCUT2D eigenvalue weighted by atomic mass is 32.2. The average Bonchev–Trinajstić information content (AvgIpc) is 2.38. The molecule has 1 fully saturated rings. The Labute approximate surface area is 118 Å². The first-order chi connectivity index (χ1) is 9.50. The lowest BCUT2D eigenvalue weighted by molar-refractivity contribution is 0.0933. The van der Waals surface area contributed by atoms with Gasteiger partial charge in [-0.3, -0.25) is 4.79 Å². The predicted octanol–water partition coefficient (Wildman–Crippen LogP) is 0.820. The SMILES string of the molecule is CCNc1cccc(C(=O)NC2CCCS(=O)(=O)C2)n1. The molecule has 110 valence electrons. The quantitative estimate of drug-likeness (QED) is 0.859. The van der Waals surface area contributed by atoms with Crippen molar-refractivity contribution in [2.24, 2.45) is 0 Å². The monoisotopic (exact) mass is 297 g/mol. The van der Waals surface area contributed by atoms with Crippen LogP contribution in [0.25, 0.3) is 0 Å². The lowest BCUT2D eigenvalue weighted by Crippen LogP contribution is -2.43. The molecule has 20 heavy (non-hydrogen) atoms. The summed E-state index contributed by atoms with van der Waals surface area (Å²) in [4.78, 5) is 16.3. The second-order valence-electron chi connectivity index (χ2n) is 4.87. The summed E-state index contributed by atoms with van der Waals surface area (Å²) in [6, 6.07) is 4.84. The van der Waals surface area contributed by atoms with E-state index in [1.165, 1.54) is 0 Å². The Morgan fingerprint density at radius 3 is 2.95 bits per heavy atom. The van der Waals surface area contributed by atoms with Gasteiger partial charge in [0, 0.05) is 12.6 Å². The van der Waals surface area contributed by atoms with Crippen molar-refractivity contribution in [1.29, 1.82) is 0 Å². The highest BCUT2D eigenvalue weighted by Gasteiger charge is 2.26. The molecule has 7 heteroatoms. The van der Waals surface area contributed by atoms with E-state index in [9.17, 15) is 13.2 Å². The number of pyridine rings is 1. The highest BCUT2D eigenvalue weighted by molar-refractivity contribution is 7.91. The van der Waals surface area contributed by atoms with Crippen molar-refractivity contribution in [3.63, 3.8) is 0 Å². The van der Waals surface area contributed by atoms with Crippen molar-refractivity contribution in [1.82, 2.24) is 10.3 Å². The summed E-state index contributed by atoms with van der Waals surface area (Å²) in [5, 5.41) is 5.78. The summed E-state index contributed by atoms with van der Waals surface area (Å²) in [5.41, 5.74) is 0.298. The number of nitrogens with one attached hydrogen (secondary N) is 2. The van der Waals surface area contributed by atoms with Crippen molar-refractivity contribution in [2.75, 3.05) is 23.4 Å². The minimum Gasteiger partial charge on any atom is -0.370 e. The maximum atomic E-state index is 12.1. The molecule has 2 rings (SSSR count). The number of nitrogens with zero attached hydrogens (tertiary/aromatic N) is 1. The fourth-order valence-corrected chi connectivity index (χ4v) is 3.87. The third kappa shape index (κ3) is 3.93. The van der Waals surface area contributed by atoms with E-state index in [4.69, 9.17) is 0 Å². The maximum Gasteiger partial charge on any atom is 0.270 e. The number of anilines is 1. The van der Waals surface area contributed by atoms with E-state index in [1.807, 2.05) is 6.92 Å². The van der Waals surface area contributed by atoms with Gasteiger partial charge in [0.1, 0.15) is 11.5 Å². The summed E-state index contributed by atoms with van der Waals surface area (Å²) in [5.74, 6) is 0.544. The van der Waals surface area contributed by atoms with Crippen molar-refractivity contribution in [3.05, 3.63) is 23.9 Å². The number of aromatic nitrogens is 1. The third-order valence-corrected chi connectivity index (χ3v) is 4.96. The summed E-state index contributed by atoms with van der Waals surface area (Å²) >= 11 is 0. The van der Waals surface area contributed by atoms with Crippen molar-refractivity contribution < 1.29 is 13.2 Å². The van der Waals surface area contributed by atoms with Crippen LogP contribution < -0.4 is 10.6 Å². The van der Waals surface area contributed by atoms with Crippen molar-refractivity contribution >= 4 is 21.6 Å². The zero-order chi connectivity index (χ0) is 14.6. The van der Waals surface area contributed by atoms with E-state index in [-0.39, 0.29) is 23.5 Å². The summed E-state index contributed by atoms with van der Waals surface area (Å²) in [6.07, 6.45) is 1.29. The van der Waals surface area contributed by atoms with E-state index in [1.54, 1.807) is 18.2 Å². The Morgan fingerprint density at radius 2 is 2.25 bits per heavy atom. The molecule has 1 aliphatic heterocycles. The number of rotatable bonds is 4. The fourth-order valence-electron chi connectivity index (χ4n) is 2.24. The van der Waals surface area contributed by atoms with Gasteiger partial charge in [-0.15, -0.1) is 0 Å². The molecule has 0 aliphatic carbocycles. The van der Waals surface area contributed by atoms with Crippen LogP contribution in [0.1, 0.15) is 30.3 Å². The molecule has 1 unspecified atom stereocenters. The van der Waals surface area contributed by atoms with E-state index >= 15 is 0 Å². The zero-order valence-corrected chi connectivity index (χ0v) is 12.2. The Morgan fingerprint density at radius 1 is 1.45 bits per heavy atom. The van der Waals surface area contributed by atoms with Gasteiger partial charge in [0.15, 0.2) is 9.84 Å². The van der Waals surface area contributed by atoms with Crippen LogP contribution in [0.5, 0.6) is 0 Å². The number of hydrogen-bond donors (Lipinski definition) is 2. The average molecular weight is 297 g/mol. The van der Waals surface area contributed by atoms with Crippen molar-refractivity contribution in [2.45, 2.75) is 25.8 Å². The van der Waals surface area contributed by atoms with Gasteiger partial charge in [-0.1, -0.05) is 6.07 Å². The van der Waals surface area contributed by atoms with Gasteiger partial charge in [-0.25, -0.2) is 13.4 Å². The molecule has 2 heterocycles. The van der Waals surface area contributed by atoms with Gasteiger partial charge in [-0.05, 0) is 31.9 Å². The molecule has 0 aromatic carbocycles. The molecule has 0 radical (unpaired) electrons. The van der Waals surface area contributed by atoms with Gasteiger partial charge in [0.25, 0.3) is 5.91 Å². The second-order valence-corrected chi connectivity index (χ2v) is 7.09. The molecule has 1 aliphatic rings. The van der Waals surface area contributed by atoms with Crippen LogP contribution >= 0.6 is 0 Å². The molecule has 0 spiro atoms. The predicted molar refractivity (Wildman–Crippen MR) is 77.5 cm³/mol. The summed E-state index contributed by atoms with van der Waals surface area (Å²) in [6.45, 7) is 2.67. The van der Waals surface area contributed by atoms with Gasteiger partial charge < -0.3 is 10.6 Å². The molecule has 1 aromatic heterocycles. The number of hydrogen-bond acceptors (Lipinski definition) is 5. The van der Waals surface area contributed by atoms with Crippen LogP contribution in [0.15, 0.2) is 18.2 Å². The number of amides is 1. The molecular formula is C13H19N3O3S. The first-order valence-corrected chi connectivity index (χ1v) is 8.54. The highest BCUT2D eigenvalue weighted by Crippen LogP contribution is 2.13. The molecule has 0 bridgehead atoms. The Hall–Kier alpha value is -1.63. The van der Waals surface area contributed by atoms with E-state index < -0.39 is 9.84 Å². The first-order valence-electron chi connectivity index (χ1n) is 6.72. The lowest BCUT2D eigenvalue weighted by atomic mass is 10.2. The number of carbonyl (C=O) groups excluding carboxylic acids is 1. The minimum absolute atomic E-state index is 0.0195. The van der Waals surface area contributed by atoms with E-state index in [0.29, 0.717) is 24.4 Å². The molecule has 0 saturated carbocycles. The van der Waals surface area contributed by atoms with Crippen LogP contribution in [0.4, 0.5) is 5.82 Å². The fraction of sp³-hybridized carbons (Fsp3) is 0.538. The minimum atomic E-state index is -3.02. The molecular weight excluding hydrogens is 278 g/mol. The molecule has 1 atom stereocenters. The van der Waals surface area contributed by atoms with Gasteiger partial charge in [-0.2, -0.15) is 0 Å². The van der Waals surface area contributed by atoms with Crippen LogP contribution in [-0.2, 0) is 9.84 Å². The molecule has 1 saturated heterocycles. The van der Waals surface area contributed by atoms with E-state index in [2.05, 4.69) is 15.6 Å². The molecule has 6 nitrogen and oxygen atoms in total. The lowest BCUT2D eigenvalue weighted by Gasteiger charge is -2.22. The first kappa shape index (κ1) is 14.8. The summed E-state index contributed by atoms with van der Waals surface area (Å²) < 4.78 is 23.1. The topological polar surface area (TPSA) is 88.2 Å². The largest absolute Gasteiger partial charge is 0.370 e. The van der Waals surface area contributed by atoms with Crippen LogP contribution in [0, 0.1) is 0 Å². The smallest absolute Gasteiger partial charge is 0.270 e. The number of carbonyl (C=O) groups is 1. The van der Waals surface area contributed by atoms with Gasteiger partial charge >= 0.3 is 0 Å². The Kier molecular flexibility index (Phi) is 4.59. The Balaban J connectivity index is 2.02. The Bertz CT molecular complexity index is 586.